The summed E-state index contributed by atoms with van der Waals surface area (Å²) in [5, 5.41) is 3.23. The number of benzene rings is 1. The van der Waals surface area contributed by atoms with E-state index in [0.29, 0.717) is 5.69 Å². The number of halogens is 4. The van der Waals surface area contributed by atoms with Crippen LogP contribution in [0.25, 0.3) is 0 Å². The lowest BCUT2D eigenvalue weighted by Gasteiger charge is -2.14. The summed E-state index contributed by atoms with van der Waals surface area (Å²) in [6.07, 6.45) is -1.13. The first-order valence-corrected chi connectivity index (χ1v) is 7.00. The van der Waals surface area contributed by atoms with E-state index in [0.717, 1.165) is 18.2 Å². The summed E-state index contributed by atoms with van der Waals surface area (Å²) in [7, 11) is 0. The lowest BCUT2D eigenvalue weighted by molar-refractivity contribution is -0.274. The summed E-state index contributed by atoms with van der Waals surface area (Å²) < 4.78 is 53.4. The van der Waals surface area contributed by atoms with Gasteiger partial charge < -0.3 is 10.1 Å². The molecule has 2 unspecified atom stereocenters. The molecule has 1 saturated carbocycles. The Morgan fingerprint density at radius 2 is 1.91 bits per heavy atom. The van der Waals surface area contributed by atoms with Gasteiger partial charge in [-0.15, -0.1) is 13.2 Å². The predicted molar refractivity (Wildman–Crippen MR) is 76.7 cm³/mol. The van der Waals surface area contributed by atoms with Crippen molar-refractivity contribution in [3.8, 4) is 5.75 Å². The van der Waals surface area contributed by atoms with Crippen molar-refractivity contribution >= 4 is 5.69 Å². The number of pyridine rings is 1. The summed E-state index contributed by atoms with van der Waals surface area (Å²) >= 11 is 0. The number of rotatable bonds is 4. The molecule has 0 radical (unpaired) electrons. The maximum absolute atomic E-state index is 13.3. The highest BCUT2D eigenvalue weighted by Crippen LogP contribution is 2.49. The lowest BCUT2D eigenvalue weighted by atomic mass is 9.99. The van der Waals surface area contributed by atoms with E-state index >= 15 is 0 Å². The molecule has 1 aromatic carbocycles. The maximum Gasteiger partial charge on any atom is 0.573 e. The van der Waals surface area contributed by atoms with Crippen molar-refractivity contribution in [1.82, 2.24) is 4.98 Å². The molecular formula is C16H14F4N2O. The van der Waals surface area contributed by atoms with Crippen LogP contribution in [0.15, 0.2) is 42.7 Å². The number of nitrogens with one attached hydrogen (secondary N) is 1. The smallest absolute Gasteiger partial charge is 0.406 e. The molecule has 0 bridgehead atoms. The molecule has 0 saturated heterocycles. The zero-order valence-electron chi connectivity index (χ0n) is 12.2. The summed E-state index contributed by atoms with van der Waals surface area (Å²) in [4.78, 5) is 3.85. The van der Waals surface area contributed by atoms with Gasteiger partial charge in [-0.25, -0.2) is 4.39 Å². The molecule has 1 fully saturated rings. The van der Waals surface area contributed by atoms with E-state index in [4.69, 9.17) is 0 Å². The van der Waals surface area contributed by atoms with E-state index in [1.807, 2.05) is 6.92 Å². The third-order valence-electron chi connectivity index (χ3n) is 4.03. The Hall–Kier alpha value is -2.31. The van der Waals surface area contributed by atoms with Crippen LogP contribution >= 0.6 is 0 Å². The summed E-state index contributed by atoms with van der Waals surface area (Å²) in [6, 6.07) is 7.06. The predicted octanol–water partition coefficient (Wildman–Crippen LogP) is 4.26. The largest absolute Gasteiger partial charge is 0.573 e. The van der Waals surface area contributed by atoms with Crippen LogP contribution in [-0.4, -0.2) is 17.4 Å². The van der Waals surface area contributed by atoms with Crippen LogP contribution in [0.5, 0.6) is 5.75 Å². The molecule has 1 aromatic heterocycles. The SMILES string of the molecule is CC1(c2cncc(F)c2)CC1Nc1ccc(OC(F)(F)F)cc1. The highest BCUT2D eigenvalue weighted by Gasteiger charge is 2.51. The number of aromatic nitrogens is 1. The first-order chi connectivity index (χ1) is 10.8. The Kier molecular flexibility index (Phi) is 3.66. The number of hydrogen-bond acceptors (Lipinski definition) is 3. The van der Waals surface area contributed by atoms with Gasteiger partial charge in [-0.05, 0) is 42.3 Å². The van der Waals surface area contributed by atoms with E-state index < -0.39 is 6.36 Å². The van der Waals surface area contributed by atoms with Crippen molar-refractivity contribution in [2.75, 3.05) is 5.32 Å². The van der Waals surface area contributed by atoms with Gasteiger partial charge in [-0.1, -0.05) is 6.92 Å². The number of anilines is 1. The average Bonchev–Trinajstić information content (AvgIpc) is 3.11. The van der Waals surface area contributed by atoms with Gasteiger partial charge in [0.25, 0.3) is 0 Å². The van der Waals surface area contributed by atoms with E-state index in [1.165, 1.54) is 30.3 Å². The molecule has 1 N–H and O–H groups in total. The minimum Gasteiger partial charge on any atom is -0.406 e. The van der Waals surface area contributed by atoms with Crippen LogP contribution in [0.2, 0.25) is 0 Å². The van der Waals surface area contributed by atoms with Crippen molar-refractivity contribution in [2.45, 2.75) is 31.2 Å². The fraction of sp³-hybridized carbons (Fsp3) is 0.312. The second kappa shape index (κ2) is 5.40. The Bertz CT molecular complexity index is 702. The Morgan fingerprint density at radius 3 is 2.52 bits per heavy atom. The van der Waals surface area contributed by atoms with Crippen molar-refractivity contribution in [3.05, 3.63) is 54.1 Å². The third kappa shape index (κ3) is 3.55. The zero-order chi connectivity index (χ0) is 16.7. The van der Waals surface area contributed by atoms with Gasteiger partial charge in [0, 0.05) is 23.3 Å². The summed E-state index contributed by atoms with van der Waals surface area (Å²) in [5.41, 5.74) is 1.24. The van der Waals surface area contributed by atoms with Gasteiger partial charge in [-0.2, -0.15) is 0 Å². The third-order valence-corrected chi connectivity index (χ3v) is 4.03. The van der Waals surface area contributed by atoms with Crippen LogP contribution in [0, 0.1) is 5.82 Å². The molecule has 122 valence electrons. The molecule has 23 heavy (non-hydrogen) atoms. The van der Waals surface area contributed by atoms with Crippen molar-refractivity contribution in [1.29, 1.82) is 0 Å². The fourth-order valence-corrected chi connectivity index (χ4v) is 2.57. The van der Waals surface area contributed by atoms with Crippen LogP contribution in [-0.2, 0) is 5.41 Å². The van der Waals surface area contributed by atoms with Crippen LogP contribution in [0.4, 0.5) is 23.2 Å². The molecule has 1 aliphatic carbocycles. The minimum atomic E-state index is -4.70. The quantitative estimate of drug-likeness (QED) is 0.853. The van der Waals surface area contributed by atoms with Crippen LogP contribution in [0.1, 0.15) is 18.9 Å². The first-order valence-electron chi connectivity index (χ1n) is 7.00. The topological polar surface area (TPSA) is 34.2 Å². The van der Waals surface area contributed by atoms with Gasteiger partial charge in [-0.3, -0.25) is 4.98 Å². The van der Waals surface area contributed by atoms with Gasteiger partial charge in [0.1, 0.15) is 11.6 Å². The highest BCUT2D eigenvalue weighted by atomic mass is 19.4. The van der Waals surface area contributed by atoms with Gasteiger partial charge >= 0.3 is 6.36 Å². The Balaban J connectivity index is 1.65. The zero-order valence-corrected chi connectivity index (χ0v) is 12.2. The molecule has 1 aliphatic rings. The second-order valence-corrected chi connectivity index (χ2v) is 5.78. The Morgan fingerprint density at radius 1 is 1.22 bits per heavy atom. The van der Waals surface area contributed by atoms with E-state index in [9.17, 15) is 17.6 Å². The van der Waals surface area contributed by atoms with E-state index in [-0.39, 0.29) is 23.0 Å². The Labute approximate surface area is 130 Å². The molecule has 3 rings (SSSR count). The lowest BCUT2D eigenvalue weighted by Crippen LogP contribution is -2.17. The monoisotopic (exact) mass is 326 g/mol. The van der Waals surface area contributed by atoms with Gasteiger partial charge in [0.2, 0.25) is 0 Å². The molecule has 0 amide bonds. The van der Waals surface area contributed by atoms with Crippen LogP contribution < -0.4 is 10.1 Å². The highest BCUT2D eigenvalue weighted by molar-refractivity contribution is 5.51. The molecule has 7 heteroatoms. The van der Waals surface area contributed by atoms with Crippen molar-refractivity contribution in [3.63, 3.8) is 0 Å². The fourth-order valence-electron chi connectivity index (χ4n) is 2.57. The maximum atomic E-state index is 13.3. The van der Waals surface area contributed by atoms with Gasteiger partial charge in [0.15, 0.2) is 0 Å². The molecular weight excluding hydrogens is 312 g/mol. The summed E-state index contributed by atoms with van der Waals surface area (Å²) in [6.45, 7) is 1.99. The normalized spacial score (nSPS) is 23.4. The average molecular weight is 326 g/mol. The number of alkyl halides is 3. The summed E-state index contributed by atoms with van der Waals surface area (Å²) in [5.74, 6) is -0.654. The number of ether oxygens (including phenoxy) is 1. The molecule has 3 nitrogen and oxygen atoms in total. The number of nitrogens with zero attached hydrogens (tertiary/aromatic N) is 1. The molecule has 0 spiro atoms. The number of hydrogen-bond donors (Lipinski definition) is 1. The molecule has 2 atom stereocenters. The molecule has 1 heterocycles. The molecule has 0 aliphatic heterocycles. The molecule has 2 aromatic rings. The van der Waals surface area contributed by atoms with E-state index in [2.05, 4.69) is 15.0 Å². The van der Waals surface area contributed by atoms with Crippen molar-refractivity contribution < 1.29 is 22.3 Å². The van der Waals surface area contributed by atoms with Crippen molar-refractivity contribution in [2.24, 2.45) is 0 Å². The minimum absolute atomic E-state index is 0.0699. The standard InChI is InChI=1S/C16H14F4N2O/c1-15(10-6-11(17)9-21-8-10)7-14(15)22-12-2-4-13(5-3-12)23-16(18,19)20/h2-6,8-9,14,22H,7H2,1H3. The first kappa shape index (κ1) is 15.6. The second-order valence-electron chi connectivity index (χ2n) is 5.78. The van der Waals surface area contributed by atoms with Gasteiger partial charge in [0.05, 0.1) is 6.20 Å². The van der Waals surface area contributed by atoms with Crippen LogP contribution in [0.3, 0.4) is 0 Å². The van der Waals surface area contributed by atoms with E-state index in [1.54, 1.807) is 6.20 Å².